The Labute approximate surface area is 206 Å². The fourth-order valence-corrected chi connectivity index (χ4v) is 4.33. The minimum absolute atomic E-state index is 0.240. The highest BCUT2D eigenvalue weighted by Crippen LogP contribution is 2.37. The molecule has 36 heavy (non-hydrogen) atoms. The molecule has 0 spiro atoms. The standard InChI is InChI=1S/C26H25F3N4O3/c1-4-16-6-5-7-17(12-16)32-24-20-13-23(22(35-3)14-21(20)30-15-31-24)36-19-10-8-18(9-11-19)33(2)25(34)26(27,28)29/h1,5-7,12-15,18-19H,8-11H2,2-3H3,(H,30,31,32)/t18-,19-. The van der Waals surface area contributed by atoms with Crippen LogP contribution >= 0.6 is 0 Å². The maximum Gasteiger partial charge on any atom is 0.471 e. The second-order valence-corrected chi connectivity index (χ2v) is 8.55. The highest BCUT2D eigenvalue weighted by Gasteiger charge is 2.43. The molecule has 1 fully saturated rings. The molecule has 0 atom stereocenters. The van der Waals surface area contributed by atoms with Crippen LogP contribution in [-0.4, -0.2) is 53.3 Å². The van der Waals surface area contributed by atoms with E-state index in [2.05, 4.69) is 21.2 Å². The Kier molecular flexibility index (Phi) is 7.20. The fourth-order valence-electron chi connectivity index (χ4n) is 4.33. The number of carbonyl (C=O) groups is 1. The fraction of sp³-hybridized carbons (Fsp3) is 0.346. The van der Waals surface area contributed by atoms with E-state index in [1.54, 1.807) is 12.1 Å². The summed E-state index contributed by atoms with van der Waals surface area (Å²) in [5.74, 6) is 2.28. The smallest absolute Gasteiger partial charge is 0.471 e. The van der Waals surface area contributed by atoms with Crippen LogP contribution in [0.2, 0.25) is 0 Å². The Bertz CT molecular complexity index is 1300. The summed E-state index contributed by atoms with van der Waals surface area (Å²) in [6.45, 7) is 0. The lowest BCUT2D eigenvalue weighted by molar-refractivity contribution is -0.187. The van der Waals surface area contributed by atoms with Crippen LogP contribution in [0, 0.1) is 12.3 Å². The predicted octanol–water partition coefficient (Wildman–Crippen LogP) is 5.07. The van der Waals surface area contributed by atoms with Crippen LogP contribution in [0.4, 0.5) is 24.7 Å². The molecule has 1 aliphatic carbocycles. The molecule has 1 aromatic heterocycles. The lowest BCUT2D eigenvalue weighted by atomic mass is 9.92. The van der Waals surface area contributed by atoms with Gasteiger partial charge in [0.1, 0.15) is 12.1 Å². The second kappa shape index (κ2) is 10.3. The number of terminal acetylenes is 1. The van der Waals surface area contributed by atoms with Gasteiger partial charge in [-0.15, -0.1) is 6.42 Å². The minimum Gasteiger partial charge on any atom is -0.493 e. The number of aromatic nitrogens is 2. The van der Waals surface area contributed by atoms with Gasteiger partial charge in [-0.2, -0.15) is 13.2 Å². The molecule has 0 bridgehead atoms. The number of nitrogens with one attached hydrogen (secondary N) is 1. The van der Waals surface area contributed by atoms with Crippen molar-refractivity contribution in [2.45, 2.75) is 44.0 Å². The van der Waals surface area contributed by atoms with Crippen molar-refractivity contribution in [3.8, 4) is 23.8 Å². The third-order valence-electron chi connectivity index (χ3n) is 6.26. The Hall–Kier alpha value is -4.00. The van der Waals surface area contributed by atoms with Gasteiger partial charge in [0, 0.05) is 35.8 Å². The first-order valence-electron chi connectivity index (χ1n) is 11.4. The molecular formula is C26H25F3N4O3. The van der Waals surface area contributed by atoms with Crippen LogP contribution in [0.5, 0.6) is 11.5 Å². The van der Waals surface area contributed by atoms with Gasteiger partial charge < -0.3 is 19.7 Å². The zero-order valence-electron chi connectivity index (χ0n) is 19.8. The number of carbonyl (C=O) groups excluding carboxylic acids is 1. The van der Waals surface area contributed by atoms with Gasteiger partial charge in [-0.05, 0) is 49.9 Å². The van der Waals surface area contributed by atoms with Crippen LogP contribution in [0.1, 0.15) is 31.2 Å². The summed E-state index contributed by atoms with van der Waals surface area (Å²) in [5.41, 5.74) is 2.13. The molecule has 10 heteroatoms. The van der Waals surface area contributed by atoms with E-state index >= 15 is 0 Å². The van der Waals surface area contributed by atoms with E-state index in [-0.39, 0.29) is 6.10 Å². The van der Waals surface area contributed by atoms with E-state index in [0.29, 0.717) is 53.9 Å². The molecule has 3 aromatic rings. The van der Waals surface area contributed by atoms with Gasteiger partial charge in [0.25, 0.3) is 0 Å². The average Bonchev–Trinajstić information content (AvgIpc) is 2.88. The summed E-state index contributed by atoms with van der Waals surface area (Å²) in [7, 11) is 2.72. The highest BCUT2D eigenvalue weighted by molar-refractivity contribution is 5.93. The number of anilines is 2. The van der Waals surface area contributed by atoms with E-state index in [1.165, 1.54) is 20.5 Å². The Morgan fingerprint density at radius 2 is 1.89 bits per heavy atom. The number of methoxy groups -OCH3 is 1. The SMILES string of the molecule is C#Cc1cccc(Nc2ncnc3cc(OC)c(O[C@H]4CC[C@H](N(C)C(=O)C(F)(F)F)CC4)cc23)c1. The quantitative estimate of drug-likeness (QED) is 0.478. The molecule has 7 nitrogen and oxygen atoms in total. The van der Waals surface area contributed by atoms with Crippen LogP contribution in [0.3, 0.4) is 0 Å². The van der Waals surface area contributed by atoms with Crippen LogP contribution in [0.15, 0.2) is 42.7 Å². The Morgan fingerprint density at radius 1 is 1.14 bits per heavy atom. The molecule has 0 saturated heterocycles. The monoisotopic (exact) mass is 498 g/mol. The molecule has 1 heterocycles. The number of alkyl halides is 3. The number of ether oxygens (including phenoxy) is 2. The zero-order valence-corrected chi connectivity index (χ0v) is 19.8. The summed E-state index contributed by atoms with van der Waals surface area (Å²) >= 11 is 0. The molecule has 4 rings (SSSR count). The number of rotatable bonds is 6. The number of amides is 1. The van der Waals surface area contributed by atoms with Gasteiger partial charge in [0.2, 0.25) is 0 Å². The minimum atomic E-state index is -4.88. The Balaban J connectivity index is 1.53. The number of nitrogens with zero attached hydrogens (tertiary/aromatic N) is 3. The van der Waals surface area contributed by atoms with E-state index in [1.807, 2.05) is 24.3 Å². The third-order valence-corrected chi connectivity index (χ3v) is 6.26. The first-order valence-corrected chi connectivity index (χ1v) is 11.4. The number of benzene rings is 2. The normalized spacial score (nSPS) is 17.8. The van der Waals surface area contributed by atoms with Crippen molar-refractivity contribution < 1.29 is 27.4 Å². The maximum absolute atomic E-state index is 12.8. The summed E-state index contributed by atoms with van der Waals surface area (Å²) < 4.78 is 50.1. The number of hydrogen-bond acceptors (Lipinski definition) is 6. The Morgan fingerprint density at radius 3 is 2.56 bits per heavy atom. The first kappa shape index (κ1) is 25.1. The number of halogens is 3. The topological polar surface area (TPSA) is 76.6 Å². The predicted molar refractivity (Wildman–Crippen MR) is 129 cm³/mol. The second-order valence-electron chi connectivity index (χ2n) is 8.55. The number of fused-ring (bicyclic) bond motifs is 1. The molecule has 0 aliphatic heterocycles. The van der Waals surface area contributed by atoms with Crippen LogP contribution < -0.4 is 14.8 Å². The lowest BCUT2D eigenvalue weighted by Crippen LogP contribution is -2.46. The summed E-state index contributed by atoms with van der Waals surface area (Å²) in [4.78, 5) is 21.1. The van der Waals surface area contributed by atoms with Crippen molar-refractivity contribution >= 4 is 28.3 Å². The van der Waals surface area contributed by atoms with Crippen LogP contribution in [-0.2, 0) is 4.79 Å². The molecular weight excluding hydrogens is 473 g/mol. The van der Waals surface area contributed by atoms with Gasteiger partial charge in [-0.3, -0.25) is 4.79 Å². The molecule has 0 radical (unpaired) electrons. The summed E-state index contributed by atoms with van der Waals surface area (Å²) in [6.07, 6.45) is 3.62. The van der Waals surface area contributed by atoms with E-state index < -0.39 is 18.1 Å². The molecule has 1 amide bonds. The van der Waals surface area contributed by atoms with Crippen molar-refractivity contribution in [1.29, 1.82) is 0 Å². The third kappa shape index (κ3) is 5.46. The summed E-state index contributed by atoms with van der Waals surface area (Å²) in [6, 6.07) is 10.4. The maximum atomic E-state index is 12.8. The first-order chi connectivity index (χ1) is 17.2. The average molecular weight is 499 g/mol. The van der Waals surface area contributed by atoms with Crippen molar-refractivity contribution in [1.82, 2.24) is 14.9 Å². The molecule has 1 N–H and O–H groups in total. The molecule has 188 valence electrons. The highest BCUT2D eigenvalue weighted by atomic mass is 19.4. The number of hydrogen-bond donors (Lipinski definition) is 1. The van der Waals surface area contributed by atoms with Gasteiger partial charge >= 0.3 is 12.1 Å². The zero-order chi connectivity index (χ0) is 25.9. The van der Waals surface area contributed by atoms with Gasteiger partial charge in [0.05, 0.1) is 18.7 Å². The van der Waals surface area contributed by atoms with E-state index in [4.69, 9.17) is 15.9 Å². The van der Waals surface area contributed by atoms with Crippen molar-refractivity contribution in [3.63, 3.8) is 0 Å². The van der Waals surface area contributed by atoms with Crippen LogP contribution in [0.25, 0.3) is 10.9 Å². The molecule has 0 unspecified atom stereocenters. The molecule has 1 saturated carbocycles. The van der Waals surface area contributed by atoms with E-state index in [0.717, 1.165) is 16.2 Å². The lowest BCUT2D eigenvalue weighted by Gasteiger charge is -2.35. The van der Waals surface area contributed by atoms with Gasteiger partial charge in [0.15, 0.2) is 11.5 Å². The van der Waals surface area contributed by atoms with E-state index in [9.17, 15) is 18.0 Å². The van der Waals surface area contributed by atoms with Gasteiger partial charge in [-0.25, -0.2) is 9.97 Å². The largest absolute Gasteiger partial charge is 0.493 e. The van der Waals surface area contributed by atoms with Gasteiger partial charge in [-0.1, -0.05) is 12.0 Å². The molecule has 1 aliphatic rings. The molecule has 2 aromatic carbocycles. The van der Waals surface area contributed by atoms with Crippen molar-refractivity contribution in [2.24, 2.45) is 0 Å². The van der Waals surface area contributed by atoms with Crippen molar-refractivity contribution in [3.05, 3.63) is 48.3 Å². The summed E-state index contributed by atoms with van der Waals surface area (Å²) in [5, 5.41) is 3.96. The van der Waals surface area contributed by atoms with Crippen molar-refractivity contribution in [2.75, 3.05) is 19.5 Å².